The summed E-state index contributed by atoms with van der Waals surface area (Å²) in [4.78, 5) is 4.52. The van der Waals surface area contributed by atoms with Gasteiger partial charge in [0.2, 0.25) is 0 Å². The Labute approximate surface area is 108 Å². The zero-order valence-corrected chi connectivity index (χ0v) is 11.7. The molecule has 2 rings (SSSR count). The van der Waals surface area contributed by atoms with Gasteiger partial charge in [0.15, 0.2) is 5.13 Å². The van der Waals surface area contributed by atoms with Crippen molar-refractivity contribution in [2.24, 2.45) is 0 Å². The zero-order valence-electron chi connectivity index (χ0n) is 10.0. The molecular formula is C12H16N2OS2. The first kappa shape index (κ1) is 12.5. The maximum Gasteiger partial charge on any atom is 0.183 e. The highest BCUT2D eigenvalue weighted by Gasteiger charge is 2.03. The third kappa shape index (κ3) is 3.51. The number of aromatic nitrogens is 1. The van der Waals surface area contributed by atoms with Crippen LogP contribution in [0.3, 0.4) is 0 Å². The molecule has 0 amide bonds. The number of thiazole rings is 1. The molecule has 0 spiro atoms. The van der Waals surface area contributed by atoms with E-state index >= 15 is 0 Å². The summed E-state index contributed by atoms with van der Waals surface area (Å²) in [5, 5.41) is 4.23. The van der Waals surface area contributed by atoms with Gasteiger partial charge in [-0.05, 0) is 31.0 Å². The van der Waals surface area contributed by atoms with Crippen LogP contribution < -0.4 is 5.32 Å². The summed E-state index contributed by atoms with van der Waals surface area (Å²) in [6.07, 6.45) is 2.65. The number of fused-ring (bicyclic) bond motifs is 1. The molecule has 0 saturated heterocycles. The lowest BCUT2D eigenvalue weighted by Crippen LogP contribution is -2.05. The molecule has 2 aromatic rings. The second-order valence-electron chi connectivity index (χ2n) is 4.05. The third-order valence-electron chi connectivity index (χ3n) is 2.43. The van der Waals surface area contributed by atoms with Crippen molar-refractivity contribution in [2.45, 2.75) is 13.3 Å². The molecule has 1 aromatic carbocycles. The second kappa shape index (κ2) is 5.60. The molecule has 0 fully saturated rings. The highest BCUT2D eigenvalue weighted by molar-refractivity contribution is 7.84. The molecule has 0 aliphatic heterocycles. The third-order valence-corrected chi connectivity index (χ3v) is 4.29. The number of hydrogen-bond donors (Lipinski definition) is 1. The highest BCUT2D eigenvalue weighted by Crippen LogP contribution is 2.26. The van der Waals surface area contributed by atoms with Crippen LogP contribution in [-0.4, -0.2) is 27.7 Å². The van der Waals surface area contributed by atoms with Crippen molar-refractivity contribution in [1.29, 1.82) is 0 Å². The summed E-state index contributed by atoms with van der Waals surface area (Å²) in [7, 11) is -0.698. The minimum absolute atomic E-state index is 0.698. The topological polar surface area (TPSA) is 42.0 Å². The van der Waals surface area contributed by atoms with E-state index in [0.29, 0.717) is 0 Å². The van der Waals surface area contributed by atoms with Crippen LogP contribution >= 0.6 is 11.3 Å². The molecule has 92 valence electrons. The predicted octanol–water partition coefficient (Wildman–Crippen LogP) is 2.79. The average Bonchev–Trinajstić information content (AvgIpc) is 2.66. The molecule has 1 aromatic heterocycles. The lowest BCUT2D eigenvalue weighted by Gasteiger charge is -1.99. The van der Waals surface area contributed by atoms with Crippen molar-refractivity contribution in [2.75, 3.05) is 23.9 Å². The SMILES string of the molecule is Cc1ccc2sc(NCCCS(C)=O)nc2c1. The standard InChI is InChI=1S/C12H16N2OS2/c1-9-4-5-11-10(8-9)14-12(16-11)13-6-3-7-17(2)15/h4-5,8H,3,6-7H2,1-2H3,(H,13,14). The first-order chi connectivity index (χ1) is 8.15. The van der Waals surface area contributed by atoms with Gasteiger partial charge in [-0.3, -0.25) is 4.21 Å². The molecule has 0 aliphatic rings. The number of nitrogens with one attached hydrogen (secondary N) is 1. The fraction of sp³-hybridized carbons (Fsp3) is 0.417. The van der Waals surface area contributed by atoms with Gasteiger partial charge in [0.05, 0.1) is 10.2 Å². The molecule has 3 nitrogen and oxygen atoms in total. The maximum absolute atomic E-state index is 10.9. The number of rotatable bonds is 5. The van der Waals surface area contributed by atoms with Crippen LogP contribution in [0.4, 0.5) is 5.13 Å². The first-order valence-electron chi connectivity index (χ1n) is 5.56. The van der Waals surface area contributed by atoms with Crippen LogP contribution in [0.25, 0.3) is 10.2 Å². The van der Waals surface area contributed by atoms with Gasteiger partial charge in [0, 0.05) is 29.4 Å². The molecule has 0 aliphatic carbocycles. The van der Waals surface area contributed by atoms with E-state index in [9.17, 15) is 4.21 Å². The van der Waals surface area contributed by atoms with E-state index < -0.39 is 10.8 Å². The number of nitrogens with zero attached hydrogens (tertiary/aromatic N) is 1. The van der Waals surface area contributed by atoms with Crippen LogP contribution in [0.15, 0.2) is 18.2 Å². The molecule has 0 saturated carbocycles. The average molecular weight is 268 g/mol. The minimum Gasteiger partial charge on any atom is -0.361 e. The largest absolute Gasteiger partial charge is 0.361 e. The van der Waals surface area contributed by atoms with Gasteiger partial charge in [-0.1, -0.05) is 17.4 Å². The summed E-state index contributed by atoms with van der Waals surface area (Å²) in [5.74, 6) is 0.747. The van der Waals surface area contributed by atoms with Gasteiger partial charge in [0.1, 0.15) is 0 Å². The molecule has 1 heterocycles. The Morgan fingerprint density at radius 1 is 1.47 bits per heavy atom. The van der Waals surface area contributed by atoms with Crippen molar-refractivity contribution in [3.63, 3.8) is 0 Å². The van der Waals surface area contributed by atoms with Crippen LogP contribution in [-0.2, 0) is 10.8 Å². The first-order valence-corrected chi connectivity index (χ1v) is 8.10. The lowest BCUT2D eigenvalue weighted by molar-refractivity contribution is 0.685. The number of benzene rings is 1. The van der Waals surface area contributed by atoms with E-state index in [-0.39, 0.29) is 0 Å². The van der Waals surface area contributed by atoms with E-state index in [1.54, 1.807) is 17.6 Å². The van der Waals surface area contributed by atoms with Crippen molar-refractivity contribution < 1.29 is 4.21 Å². The Hall–Kier alpha value is -0.940. The molecule has 17 heavy (non-hydrogen) atoms. The molecule has 1 N–H and O–H groups in total. The zero-order chi connectivity index (χ0) is 12.3. The number of aryl methyl sites for hydroxylation is 1. The Morgan fingerprint density at radius 2 is 2.29 bits per heavy atom. The summed E-state index contributed by atoms with van der Waals surface area (Å²) in [6, 6.07) is 6.30. The van der Waals surface area contributed by atoms with Crippen LogP contribution in [0.2, 0.25) is 0 Å². The fourth-order valence-electron chi connectivity index (χ4n) is 1.58. The van der Waals surface area contributed by atoms with Gasteiger partial charge in [-0.15, -0.1) is 0 Å². The maximum atomic E-state index is 10.9. The fourth-order valence-corrected chi connectivity index (χ4v) is 3.01. The van der Waals surface area contributed by atoms with E-state index in [4.69, 9.17) is 0 Å². The van der Waals surface area contributed by atoms with E-state index in [2.05, 4.69) is 35.4 Å². The Kier molecular flexibility index (Phi) is 4.12. The van der Waals surface area contributed by atoms with Crippen molar-refractivity contribution in [3.8, 4) is 0 Å². The second-order valence-corrected chi connectivity index (χ2v) is 6.63. The van der Waals surface area contributed by atoms with Gasteiger partial charge < -0.3 is 5.32 Å². The van der Waals surface area contributed by atoms with E-state index in [1.807, 2.05) is 0 Å². The predicted molar refractivity (Wildman–Crippen MR) is 76.4 cm³/mol. The van der Waals surface area contributed by atoms with Crippen LogP contribution in [0.1, 0.15) is 12.0 Å². The quantitative estimate of drug-likeness (QED) is 0.848. The Morgan fingerprint density at radius 3 is 3.06 bits per heavy atom. The van der Waals surface area contributed by atoms with Crippen LogP contribution in [0, 0.1) is 6.92 Å². The molecular weight excluding hydrogens is 252 g/mol. The molecule has 1 atom stereocenters. The van der Waals surface area contributed by atoms with E-state index in [0.717, 1.165) is 29.4 Å². The van der Waals surface area contributed by atoms with Gasteiger partial charge in [0.25, 0.3) is 0 Å². The number of anilines is 1. The molecule has 1 unspecified atom stereocenters. The normalized spacial score (nSPS) is 12.8. The van der Waals surface area contributed by atoms with Crippen molar-refractivity contribution in [3.05, 3.63) is 23.8 Å². The summed E-state index contributed by atoms with van der Waals surface area (Å²) < 4.78 is 12.1. The van der Waals surface area contributed by atoms with E-state index in [1.165, 1.54) is 10.3 Å². The Bertz CT molecular complexity index is 536. The number of hydrogen-bond acceptors (Lipinski definition) is 4. The van der Waals surface area contributed by atoms with Gasteiger partial charge in [-0.25, -0.2) is 4.98 Å². The van der Waals surface area contributed by atoms with Crippen molar-refractivity contribution in [1.82, 2.24) is 4.98 Å². The summed E-state index contributed by atoms with van der Waals surface area (Å²) >= 11 is 1.67. The van der Waals surface area contributed by atoms with Gasteiger partial charge in [-0.2, -0.15) is 0 Å². The molecule has 0 radical (unpaired) electrons. The van der Waals surface area contributed by atoms with Crippen molar-refractivity contribution >= 4 is 37.5 Å². The monoisotopic (exact) mass is 268 g/mol. The summed E-state index contributed by atoms with van der Waals surface area (Å²) in [5.41, 5.74) is 2.28. The summed E-state index contributed by atoms with van der Waals surface area (Å²) in [6.45, 7) is 2.90. The van der Waals surface area contributed by atoms with Crippen LogP contribution in [0.5, 0.6) is 0 Å². The van der Waals surface area contributed by atoms with Gasteiger partial charge >= 0.3 is 0 Å². The lowest BCUT2D eigenvalue weighted by atomic mass is 10.2. The molecule has 5 heteroatoms. The highest BCUT2D eigenvalue weighted by atomic mass is 32.2. The molecule has 0 bridgehead atoms. The smallest absolute Gasteiger partial charge is 0.183 e. The Balaban J connectivity index is 1.97. The minimum atomic E-state index is -0.698.